The molecule has 2 aromatic heterocycles. The van der Waals surface area contributed by atoms with E-state index in [1.807, 2.05) is 19.9 Å². The zero-order valence-corrected chi connectivity index (χ0v) is 21.6. The van der Waals surface area contributed by atoms with Crippen LogP contribution in [0.5, 0.6) is 0 Å². The standard InChI is InChI=1S/C27H35N5O4/c1-24(2)10-8-17(9-11-24)21-19(31-23(34)22-29-13-18(12-28)30-22)6-7-20(32-21)27(35)14-25(3,4)36-26(5,15-27)16-33/h6-8,13,33,35H,9-11,14-16H2,1-5H3,(H,29,30)(H,31,34)/t26-,27-/m0/s1. The molecule has 2 atom stereocenters. The van der Waals surface area contributed by atoms with Crippen molar-refractivity contribution in [1.82, 2.24) is 15.0 Å². The average Bonchev–Trinajstić information content (AvgIpc) is 3.27. The minimum atomic E-state index is -1.33. The van der Waals surface area contributed by atoms with Gasteiger partial charge in [-0.25, -0.2) is 9.97 Å². The Balaban J connectivity index is 1.75. The zero-order valence-electron chi connectivity index (χ0n) is 21.6. The van der Waals surface area contributed by atoms with Crippen LogP contribution in [0.2, 0.25) is 0 Å². The quantitative estimate of drug-likeness (QED) is 0.492. The maximum atomic E-state index is 12.9. The summed E-state index contributed by atoms with van der Waals surface area (Å²) in [6.45, 7) is 9.79. The fourth-order valence-electron chi connectivity index (χ4n) is 5.43. The van der Waals surface area contributed by atoms with Gasteiger partial charge in [-0.15, -0.1) is 0 Å². The summed E-state index contributed by atoms with van der Waals surface area (Å²) in [6, 6.07) is 5.37. The molecule has 0 aromatic carbocycles. The third kappa shape index (κ3) is 5.36. The molecule has 9 heteroatoms. The fourth-order valence-corrected chi connectivity index (χ4v) is 5.43. The first-order valence-electron chi connectivity index (χ1n) is 12.3. The number of anilines is 1. The molecule has 4 N–H and O–H groups in total. The van der Waals surface area contributed by atoms with Crippen molar-refractivity contribution in [2.75, 3.05) is 11.9 Å². The Kier molecular flexibility index (Phi) is 6.58. The number of rotatable bonds is 5. The second-order valence-electron chi connectivity index (χ2n) is 11.7. The highest BCUT2D eigenvalue weighted by molar-refractivity contribution is 6.03. The lowest BCUT2D eigenvalue weighted by atomic mass is 9.74. The Hall–Kier alpha value is -3.06. The van der Waals surface area contributed by atoms with Gasteiger partial charge >= 0.3 is 0 Å². The SMILES string of the molecule is CC1(C)CC=C(c2nc([C@]3(O)CC(C)(C)O[C@](C)(CO)C3)ccc2NC(=O)c2nc(C#N)c[nH]2)CC1. The number of pyridine rings is 1. The minimum Gasteiger partial charge on any atom is -0.393 e. The number of aromatic nitrogens is 3. The van der Waals surface area contributed by atoms with Crippen LogP contribution in [-0.4, -0.2) is 48.9 Å². The van der Waals surface area contributed by atoms with Crippen molar-refractivity contribution in [1.29, 1.82) is 5.26 Å². The van der Waals surface area contributed by atoms with E-state index >= 15 is 0 Å². The van der Waals surface area contributed by atoms with E-state index in [4.69, 9.17) is 15.0 Å². The second-order valence-corrected chi connectivity index (χ2v) is 11.7. The number of nitrogens with zero attached hydrogens (tertiary/aromatic N) is 3. The van der Waals surface area contributed by atoms with Crippen molar-refractivity contribution in [2.45, 2.75) is 83.5 Å². The van der Waals surface area contributed by atoms with Gasteiger partial charge in [0.15, 0.2) is 11.5 Å². The van der Waals surface area contributed by atoms with E-state index in [0.717, 1.165) is 24.8 Å². The highest BCUT2D eigenvalue weighted by atomic mass is 16.5. The summed E-state index contributed by atoms with van der Waals surface area (Å²) in [4.78, 5) is 24.5. The predicted octanol–water partition coefficient (Wildman–Crippen LogP) is 4.05. The van der Waals surface area contributed by atoms with E-state index in [1.54, 1.807) is 19.1 Å². The van der Waals surface area contributed by atoms with E-state index < -0.39 is 22.7 Å². The monoisotopic (exact) mass is 493 g/mol. The molecular weight excluding hydrogens is 458 g/mol. The molecule has 1 aliphatic heterocycles. The summed E-state index contributed by atoms with van der Waals surface area (Å²) in [7, 11) is 0. The first-order valence-corrected chi connectivity index (χ1v) is 12.3. The number of carbonyl (C=O) groups is 1. The molecule has 1 aliphatic carbocycles. The average molecular weight is 494 g/mol. The van der Waals surface area contributed by atoms with Gasteiger partial charge in [-0.2, -0.15) is 5.26 Å². The van der Waals surface area contributed by atoms with Crippen molar-refractivity contribution in [2.24, 2.45) is 5.41 Å². The lowest BCUT2D eigenvalue weighted by Crippen LogP contribution is -2.55. The Morgan fingerprint density at radius 2 is 1.97 bits per heavy atom. The van der Waals surface area contributed by atoms with Gasteiger partial charge in [0.05, 0.1) is 34.9 Å². The number of aromatic amines is 1. The van der Waals surface area contributed by atoms with Crippen LogP contribution in [0, 0.1) is 16.7 Å². The van der Waals surface area contributed by atoms with Gasteiger partial charge in [-0.05, 0) is 63.2 Å². The van der Waals surface area contributed by atoms with Gasteiger partial charge < -0.3 is 25.3 Å². The third-order valence-electron chi connectivity index (χ3n) is 7.05. The van der Waals surface area contributed by atoms with Crippen molar-refractivity contribution in [3.8, 4) is 6.07 Å². The molecule has 192 valence electrons. The normalized spacial score (nSPS) is 27.1. The van der Waals surface area contributed by atoms with Gasteiger partial charge in [-0.3, -0.25) is 4.79 Å². The maximum Gasteiger partial charge on any atom is 0.291 e. The summed E-state index contributed by atoms with van der Waals surface area (Å²) >= 11 is 0. The number of H-pyrrole nitrogens is 1. The number of nitrogens with one attached hydrogen (secondary N) is 2. The Morgan fingerprint density at radius 1 is 1.22 bits per heavy atom. The number of nitriles is 1. The topological polar surface area (TPSA) is 144 Å². The molecule has 9 nitrogen and oxygen atoms in total. The highest BCUT2D eigenvalue weighted by Crippen LogP contribution is 2.47. The van der Waals surface area contributed by atoms with Crippen molar-refractivity contribution in [3.05, 3.63) is 47.3 Å². The molecule has 0 radical (unpaired) electrons. The van der Waals surface area contributed by atoms with Crippen LogP contribution in [0.3, 0.4) is 0 Å². The molecule has 3 heterocycles. The molecule has 0 unspecified atom stereocenters. The summed E-state index contributed by atoms with van der Waals surface area (Å²) in [5, 5.41) is 33.7. The van der Waals surface area contributed by atoms with Crippen molar-refractivity contribution >= 4 is 17.2 Å². The lowest BCUT2D eigenvalue weighted by Gasteiger charge is -2.50. The molecule has 0 spiro atoms. The van der Waals surface area contributed by atoms with Gasteiger partial charge in [0, 0.05) is 19.0 Å². The maximum absolute atomic E-state index is 12.9. The van der Waals surface area contributed by atoms with Gasteiger partial charge in [0.1, 0.15) is 11.7 Å². The number of hydrogen-bond acceptors (Lipinski definition) is 7. The molecule has 1 fully saturated rings. The van der Waals surface area contributed by atoms with Crippen molar-refractivity contribution in [3.63, 3.8) is 0 Å². The van der Waals surface area contributed by atoms with E-state index in [9.17, 15) is 15.0 Å². The summed E-state index contributed by atoms with van der Waals surface area (Å²) < 4.78 is 6.09. The number of ether oxygens (including phenoxy) is 1. The van der Waals surface area contributed by atoms with Crippen LogP contribution in [-0.2, 0) is 10.3 Å². The number of carbonyl (C=O) groups excluding carboxylic acids is 1. The molecule has 0 saturated carbocycles. The number of aliphatic hydroxyl groups excluding tert-OH is 1. The van der Waals surface area contributed by atoms with Gasteiger partial charge in [-0.1, -0.05) is 19.9 Å². The number of imidazole rings is 1. The van der Waals surface area contributed by atoms with E-state index in [1.165, 1.54) is 6.20 Å². The van der Waals surface area contributed by atoms with Crippen LogP contribution in [0.4, 0.5) is 5.69 Å². The Bertz CT molecular complexity index is 1240. The summed E-state index contributed by atoms with van der Waals surface area (Å²) in [5.41, 5.74) is -0.0297. The largest absolute Gasteiger partial charge is 0.393 e. The first kappa shape index (κ1) is 26.0. The molecule has 1 saturated heterocycles. The minimum absolute atomic E-state index is 0.0313. The molecule has 0 bridgehead atoms. The molecule has 36 heavy (non-hydrogen) atoms. The smallest absolute Gasteiger partial charge is 0.291 e. The lowest BCUT2D eigenvalue weighted by molar-refractivity contribution is -0.241. The zero-order chi connectivity index (χ0) is 26.4. The second kappa shape index (κ2) is 9.11. The first-order chi connectivity index (χ1) is 16.8. The molecule has 2 aliphatic rings. The fraction of sp³-hybridized carbons (Fsp3) is 0.556. The number of aliphatic hydroxyl groups is 2. The Morgan fingerprint density at radius 3 is 2.58 bits per heavy atom. The van der Waals surface area contributed by atoms with E-state index in [2.05, 4.69) is 35.2 Å². The summed E-state index contributed by atoms with van der Waals surface area (Å²) in [5.74, 6) is -0.452. The highest BCUT2D eigenvalue weighted by Gasteiger charge is 2.51. The third-order valence-corrected chi connectivity index (χ3v) is 7.05. The molecule has 4 rings (SSSR count). The van der Waals surface area contributed by atoms with Crippen LogP contribution >= 0.6 is 0 Å². The van der Waals surface area contributed by atoms with E-state index in [0.29, 0.717) is 23.5 Å². The van der Waals surface area contributed by atoms with Crippen LogP contribution in [0.25, 0.3) is 5.57 Å². The Labute approximate surface area is 211 Å². The molecular formula is C27H35N5O4. The van der Waals surface area contributed by atoms with Crippen molar-refractivity contribution < 1.29 is 19.7 Å². The number of amides is 1. The predicted molar refractivity (Wildman–Crippen MR) is 135 cm³/mol. The van der Waals surface area contributed by atoms with Crippen LogP contribution < -0.4 is 5.32 Å². The van der Waals surface area contributed by atoms with Gasteiger partial charge in [0.25, 0.3) is 5.91 Å². The van der Waals surface area contributed by atoms with Crippen LogP contribution in [0.15, 0.2) is 24.4 Å². The van der Waals surface area contributed by atoms with Gasteiger partial charge in [0.2, 0.25) is 0 Å². The molecule has 1 amide bonds. The number of hydrogen-bond donors (Lipinski definition) is 4. The van der Waals surface area contributed by atoms with Crippen LogP contribution in [0.1, 0.15) is 94.4 Å². The molecule has 2 aromatic rings. The summed E-state index contributed by atoms with van der Waals surface area (Å²) in [6.07, 6.45) is 6.66. The number of allylic oxidation sites excluding steroid dienone is 2. The van der Waals surface area contributed by atoms with E-state index in [-0.39, 0.29) is 30.0 Å².